The number of nitrogens with one attached hydrogen (secondary N) is 5. The summed E-state index contributed by atoms with van der Waals surface area (Å²) < 4.78 is 99.2. The van der Waals surface area contributed by atoms with E-state index in [0.717, 1.165) is 24.0 Å². The molecule has 4 aliphatic heterocycles. The van der Waals surface area contributed by atoms with E-state index in [1.54, 1.807) is 152 Å². The number of fused-ring (bicyclic) bond motifs is 1. The first-order valence-corrected chi connectivity index (χ1v) is 45.8. The SMILES string of the molecule is CC(C)(C)[Si](C)(C)OC[C@H]1O[C@@H](O[C@@H]2[C@@H](O)[C@H](NC(=O)OCc3ccccc3)C[C@H](NC(=O)OCc3ccccc3)[C@H]2O[C@H]2O[C@@H]3COC(c4ccccc4)O[C@H]3[C@H](O)[C@H]2NC(=O)OCc2ccccc2)[C@H](OCCN(CCCc2ccccc2)CCc2ccccc2)[C@@H]1O[C@H]1O[C@@H](CNC(=O)OCc2ccccc2)[C@@H](O)[C@H](O)[C@H]1NC(=O)OCc1ccccc1. The van der Waals surface area contributed by atoms with Crippen LogP contribution in [0.2, 0.25) is 18.1 Å². The maximum Gasteiger partial charge on any atom is 0.407 e. The van der Waals surface area contributed by atoms with Gasteiger partial charge in [0.2, 0.25) is 0 Å². The molecule has 1 saturated carbocycles. The number of amides is 5. The van der Waals surface area contributed by atoms with Crippen molar-refractivity contribution in [2.75, 3.05) is 46.0 Å². The van der Waals surface area contributed by atoms with Gasteiger partial charge in [0.15, 0.2) is 33.5 Å². The molecule has 126 heavy (non-hydrogen) atoms. The first-order valence-electron chi connectivity index (χ1n) is 42.9. The van der Waals surface area contributed by atoms with Crippen LogP contribution in [-0.4, -0.2) is 226 Å². The van der Waals surface area contributed by atoms with E-state index in [9.17, 15) is 44.4 Å². The van der Waals surface area contributed by atoms with Gasteiger partial charge in [0, 0.05) is 25.2 Å². The molecule has 5 amide bonds. The fourth-order valence-electron chi connectivity index (χ4n) is 15.4. The van der Waals surface area contributed by atoms with E-state index in [1.807, 2.05) is 79.8 Å². The molecule has 5 fully saturated rings. The van der Waals surface area contributed by atoms with Crippen LogP contribution in [0.4, 0.5) is 24.0 Å². The number of rotatable bonds is 37. The lowest BCUT2D eigenvalue weighted by Gasteiger charge is -2.51. The van der Waals surface area contributed by atoms with Gasteiger partial charge in [0.1, 0.15) is 118 Å². The number of carbonyl (C=O) groups is 5. The molecule has 0 radical (unpaired) electrons. The second-order valence-electron chi connectivity index (χ2n) is 33.4. The van der Waals surface area contributed by atoms with Crippen LogP contribution in [0.3, 0.4) is 0 Å². The predicted octanol–water partition coefficient (Wildman–Crippen LogP) is 11.0. The van der Waals surface area contributed by atoms with Crippen LogP contribution in [0.15, 0.2) is 243 Å². The van der Waals surface area contributed by atoms with E-state index in [4.69, 9.17) is 70.7 Å². The molecule has 1 unspecified atom stereocenters. The zero-order valence-corrected chi connectivity index (χ0v) is 72.4. The van der Waals surface area contributed by atoms with Gasteiger partial charge < -0.3 is 123 Å². The number of aliphatic hydroxyl groups excluding tert-OH is 4. The molecule has 674 valence electrons. The number of aliphatic hydroxyl groups is 4. The standard InChI is InChI=1S/C95H116N6O24Si/c1-95(2,3)126(4,5)118-61-74-83(124-87-75(99-93(109)116-58-67-41-24-11-25-42-67)79(104)78(103)72(119-87)54-96-90(106)113-55-64-35-18-8-19-36-64)85(111-52-51-101(50-48-63-33-16-7-17-34-63)49-30-45-62-31-14-6-15-32-62)89(121-74)125-84-77(102)70(97-91(107)114-56-65-37-20-9-21-38-65)53-71(98-92(108)115-57-66-39-22-10-23-40-66)81(84)122-88-76(100-94(110)117-59-68-43-26-12-27-44-68)80(105)82-73(120-88)60-112-86(123-82)69-46-28-13-29-47-69/h6-29,31-44,46-47,70-89,102-105H,30,45,48-61H2,1-5H3,(H,96,106)(H,97,107)(H,98,108)(H,99,109)(H,100,110)/t70-,71+,72+,73-,74-,75-,76-,77+,78-,79-,80-,81-,82-,83-,84-,85-,86?,87-,88-,89+/m1/s1. The molecule has 4 heterocycles. The molecule has 9 N–H and O–H groups in total. The number of aryl methyl sites for hydroxylation is 1. The molecule has 0 aromatic heterocycles. The fourth-order valence-corrected chi connectivity index (χ4v) is 16.4. The smallest absolute Gasteiger partial charge is 0.407 e. The van der Waals surface area contributed by atoms with Crippen LogP contribution in [0.1, 0.15) is 84.4 Å². The summed E-state index contributed by atoms with van der Waals surface area (Å²) in [5.74, 6) is 0. The van der Waals surface area contributed by atoms with Gasteiger partial charge in [-0.1, -0.05) is 263 Å². The van der Waals surface area contributed by atoms with Crippen molar-refractivity contribution in [1.82, 2.24) is 31.5 Å². The number of hydrogen-bond donors (Lipinski definition) is 9. The molecule has 0 bridgehead atoms. The molecule has 0 spiro atoms. The van der Waals surface area contributed by atoms with Crippen LogP contribution >= 0.6 is 0 Å². The molecule has 20 atom stereocenters. The lowest BCUT2D eigenvalue weighted by Crippen LogP contribution is -2.71. The van der Waals surface area contributed by atoms with Crippen molar-refractivity contribution in [2.24, 2.45) is 0 Å². The van der Waals surface area contributed by atoms with Gasteiger partial charge in [-0.15, -0.1) is 0 Å². The van der Waals surface area contributed by atoms with Crippen LogP contribution in [-0.2, 0) is 117 Å². The second-order valence-corrected chi connectivity index (χ2v) is 38.2. The summed E-state index contributed by atoms with van der Waals surface area (Å²) in [6.07, 6.45) is -28.6. The topological polar surface area (TPSA) is 368 Å². The van der Waals surface area contributed by atoms with E-state index in [-0.39, 0.29) is 65.8 Å². The van der Waals surface area contributed by atoms with Crippen molar-refractivity contribution < 1.29 is 115 Å². The maximum absolute atomic E-state index is 14.9. The quantitative estimate of drug-likeness (QED) is 0.0129. The minimum Gasteiger partial charge on any atom is -0.445 e. The average Bonchev–Trinajstić information content (AvgIpc) is 1.42. The molecular formula is C95H116N6O24Si. The molecule has 30 nitrogen and oxygen atoms in total. The Bertz CT molecular complexity index is 4630. The van der Waals surface area contributed by atoms with Gasteiger partial charge >= 0.3 is 30.5 Å². The summed E-state index contributed by atoms with van der Waals surface area (Å²) in [7, 11) is -2.85. The highest BCUT2D eigenvalue weighted by Crippen LogP contribution is 2.42. The Morgan fingerprint density at radius 2 is 0.841 bits per heavy atom. The largest absolute Gasteiger partial charge is 0.445 e. The van der Waals surface area contributed by atoms with E-state index < -0.39 is 173 Å². The molecule has 8 aromatic carbocycles. The van der Waals surface area contributed by atoms with Crippen molar-refractivity contribution in [3.05, 3.63) is 287 Å². The van der Waals surface area contributed by atoms with E-state index in [0.29, 0.717) is 52.9 Å². The summed E-state index contributed by atoms with van der Waals surface area (Å²) in [5, 5.41) is 65.0. The summed E-state index contributed by atoms with van der Waals surface area (Å²) in [5.41, 5.74) is 6.10. The summed E-state index contributed by atoms with van der Waals surface area (Å²) in [6.45, 7) is 9.72. The number of hydrogen-bond acceptors (Lipinski definition) is 25. The molecule has 5 aliphatic rings. The van der Waals surface area contributed by atoms with Gasteiger partial charge in [-0.05, 0) is 89.3 Å². The van der Waals surface area contributed by atoms with Gasteiger partial charge in [-0.3, -0.25) is 0 Å². The van der Waals surface area contributed by atoms with E-state index >= 15 is 0 Å². The Labute approximate surface area is 735 Å². The summed E-state index contributed by atoms with van der Waals surface area (Å²) in [6, 6.07) is 67.6. The monoisotopic (exact) mass is 1750 g/mol. The highest BCUT2D eigenvalue weighted by molar-refractivity contribution is 6.74. The number of carbonyl (C=O) groups excluding carboxylic acids is 5. The predicted molar refractivity (Wildman–Crippen MR) is 462 cm³/mol. The normalized spacial score (nSPS) is 26.6. The maximum atomic E-state index is 14.9. The number of alkyl carbamates (subject to hydrolysis) is 5. The third-order valence-electron chi connectivity index (χ3n) is 23.4. The zero-order valence-electron chi connectivity index (χ0n) is 71.4. The van der Waals surface area contributed by atoms with Crippen molar-refractivity contribution in [3.8, 4) is 0 Å². The number of nitrogens with zero attached hydrogens (tertiary/aromatic N) is 1. The van der Waals surface area contributed by atoms with Crippen molar-refractivity contribution in [3.63, 3.8) is 0 Å². The van der Waals surface area contributed by atoms with Gasteiger partial charge in [-0.2, -0.15) is 0 Å². The Hall–Kier alpha value is -10.3. The highest BCUT2D eigenvalue weighted by Gasteiger charge is 2.59. The zero-order chi connectivity index (χ0) is 88.4. The Kier molecular flexibility index (Phi) is 34.0. The Morgan fingerprint density at radius 3 is 1.34 bits per heavy atom. The van der Waals surface area contributed by atoms with E-state index in [1.165, 1.54) is 0 Å². The van der Waals surface area contributed by atoms with Gasteiger partial charge in [0.05, 0.1) is 31.9 Å². The third kappa shape index (κ3) is 26.7. The lowest BCUT2D eigenvalue weighted by molar-refractivity contribution is -0.358. The summed E-state index contributed by atoms with van der Waals surface area (Å²) in [4.78, 5) is 74.1. The van der Waals surface area contributed by atoms with Crippen LogP contribution in [0.5, 0.6) is 0 Å². The van der Waals surface area contributed by atoms with Crippen LogP contribution in [0, 0.1) is 0 Å². The Morgan fingerprint density at radius 1 is 0.421 bits per heavy atom. The molecule has 4 saturated heterocycles. The lowest BCUT2D eigenvalue weighted by atomic mass is 9.83. The van der Waals surface area contributed by atoms with Gasteiger partial charge in [-0.25, -0.2) is 24.0 Å². The van der Waals surface area contributed by atoms with Crippen LogP contribution in [0.25, 0.3) is 0 Å². The fraction of sp³-hybridized carbons (Fsp3) is 0.442. The van der Waals surface area contributed by atoms with Crippen molar-refractivity contribution >= 4 is 38.8 Å². The summed E-state index contributed by atoms with van der Waals surface area (Å²) >= 11 is 0. The minimum absolute atomic E-state index is 0.0942. The Balaban J connectivity index is 0.909. The van der Waals surface area contributed by atoms with Gasteiger partial charge in [0.25, 0.3) is 0 Å². The molecule has 8 aromatic rings. The first-order chi connectivity index (χ1) is 61.0. The molecule has 1 aliphatic carbocycles. The first kappa shape index (κ1) is 93.4. The second kappa shape index (κ2) is 45.9. The van der Waals surface area contributed by atoms with Crippen LogP contribution < -0.4 is 26.6 Å². The van der Waals surface area contributed by atoms with Crippen molar-refractivity contribution in [2.45, 2.75) is 220 Å². The molecule has 31 heteroatoms. The molecule has 13 rings (SSSR count). The molecular weight excluding hydrogens is 1640 g/mol. The van der Waals surface area contributed by atoms with E-state index in [2.05, 4.69) is 76.5 Å². The minimum atomic E-state index is -2.85. The highest BCUT2D eigenvalue weighted by atomic mass is 28.4. The van der Waals surface area contributed by atoms with Crippen molar-refractivity contribution in [1.29, 1.82) is 0 Å². The number of benzene rings is 8. The number of ether oxygens (including phenoxy) is 14. The average molecular weight is 1750 g/mol. The third-order valence-corrected chi connectivity index (χ3v) is 27.9.